The van der Waals surface area contributed by atoms with Crippen LogP contribution in [0, 0.1) is 0 Å². The Labute approximate surface area is 136 Å². The number of carbonyl (C=O) groups is 3. The molecule has 1 aromatic rings. The maximum atomic E-state index is 11.8. The molecular weight excluding hydrogens is 296 g/mol. The van der Waals surface area contributed by atoms with E-state index in [1.165, 1.54) is 6.92 Å². The lowest BCUT2D eigenvalue weighted by atomic mass is 10.1. The van der Waals surface area contributed by atoms with Crippen LogP contribution in [0.25, 0.3) is 0 Å². The molecule has 0 aliphatic carbocycles. The topological polar surface area (TPSA) is 84.5 Å². The number of ether oxygens (including phenoxy) is 1. The third-order valence-corrected chi connectivity index (χ3v) is 3.13. The summed E-state index contributed by atoms with van der Waals surface area (Å²) in [7, 11) is 0. The van der Waals surface area contributed by atoms with Crippen molar-refractivity contribution in [3.63, 3.8) is 0 Å². The van der Waals surface area contributed by atoms with Crippen molar-refractivity contribution in [2.24, 2.45) is 0 Å². The van der Waals surface area contributed by atoms with Gasteiger partial charge in [0.2, 0.25) is 5.91 Å². The number of hydrogen-bond acceptors (Lipinski definition) is 4. The summed E-state index contributed by atoms with van der Waals surface area (Å²) in [4.78, 5) is 34.4. The van der Waals surface area contributed by atoms with Crippen LogP contribution in [-0.2, 0) is 9.53 Å². The summed E-state index contributed by atoms with van der Waals surface area (Å²) in [6, 6.07) is 6.80. The van der Waals surface area contributed by atoms with Crippen molar-refractivity contribution < 1.29 is 19.1 Å². The van der Waals surface area contributed by atoms with E-state index in [0.29, 0.717) is 30.8 Å². The monoisotopic (exact) mass is 320 g/mol. The van der Waals surface area contributed by atoms with E-state index in [9.17, 15) is 14.4 Å². The minimum atomic E-state index is -0.451. The fourth-order valence-electron chi connectivity index (χ4n) is 1.84. The Morgan fingerprint density at radius 2 is 1.96 bits per heavy atom. The number of unbranched alkanes of at least 4 members (excludes halogenated alkanes) is 1. The van der Waals surface area contributed by atoms with Crippen LogP contribution in [0.15, 0.2) is 24.3 Å². The number of nitrogens with one attached hydrogen (secondary N) is 2. The van der Waals surface area contributed by atoms with E-state index >= 15 is 0 Å². The Kier molecular flexibility index (Phi) is 8.42. The first-order chi connectivity index (χ1) is 11.0. The van der Waals surface area contributed by atoms with Gasteiger partial charge in [-0.05, 0) is 31.9 Å². The van der Waals surface area contributed by atoms with E-state index in [-0.39, 0.29) is 18.1 Å². The molecule has 0 saturated carbocycles. The summed E-state index contributed by atoms with van der Waals surface area (Å²) >= 11 is 0. The molecule has 1 rings (SSSR count). The number of alkyl carbamates (subject to hydrolysis) is 1. The fraction of sp³-hybridized carbons (Fsp3) is 0.471. The quantitative estimate of drug-likeness (QED) is 0.541. The summed E-state index contributed by atoms with van der Waals surface area (Å²) in [5.41, 5.74) is 1.15. The van der Waals surface area contributed by atoms with Crippen molar-refractivity contribution >= 4 is 23.5 Å². The number of carbonyl (C=O) groups excluding carboxylic acids is 3. The molecule has 6 heteroatoms. The first kappa shape index (κ1) is 18.7. The van der Waals surface area contributed by atoms with E-state index in [0.717, 1.165) is 12.8 Å². The smallest absolute Gasteiger partial charge is 0.407 e. The highest BCUT2D eigenvalue weighted by molar-refractivity contribution is 5.97. The average molecular weight is 320 g/mol. The predicted octanol–water partition coefficient (Wildman–Crippen LogP) is 3.13. The second-order valence-electron chi connectivity index (χ2n) is 5.20. The van der Waals surface area contributed by atoms with Crippen LogP contribution in [-0.4, -0.2) is 30.9 Å². The molecule has 0 aliphatic rings. The fourth-order valence-corrected chi connectivity index (χ4v) is 1.84. The van der Waals surface area contributed by atoms with Crippen LogP contribution in [0.4, 0.5) is 10.5 Å². The number of benzene rings is 1. The number of ketones is 1. The van der Waals surface area contributed by atoms with Gasteiger partial charge in [-0.25, -0.2) is 4.79 Å². The van der Waals surface area contributed by atoms with E-state index in [1.54, 1.807) is 24.3 Å². The molecule has 23 heavy (non-hydrogen) atoms. The lowest BCUT2D eigenvalue weighted by Gasteiger charge is -2.08. The predicted molar refractivity (Wildman–Crippen MR) is 88.6 cm³/mol. The Balaban J connectivity index is 2.23. The molecule has 0 saturated heterocycles. The van der Waals surface area contributed by atoms with Crippen LogP contribution < -0.4 is 10.6 Å². The molecule has 126 valence electrons. The molecule has 0 unspecified atom stereocenters. The zero-order valence-corrected chi connectivity index (χ0v) is 13.7. The van der Waals surface area contributed by atoms with Gasteiger partial charge in [0.25, 0.3) is 0 Å². The Morgan fingerprint density at radius 1 is 1.17 bits per heavy atom. The normalized spacial score (nSPS) is 10.0. The summed E-state index contributed by atoms with van der Waals surface area (Å²) in [5, 5.41) is 5.33. The standard InChI is InChI=1S/C17H24N2O4/c1-3-4-11-23-17(22)18-10-6-9-16(21)19-15-8-5-7-14(12-15)13(2)20/h5,7-8,12H,3-4,6,9-11H2,1-2H3,(H,18,22)(H,19,21). The lowest BCUT2D eigenvalue weighted by Crippen LogP contribution is -2.26. The summed E-state index contributed by atoms with van der Waals surface area (Å²) in [6.07, 6.45) is 2.15. The number of hydrogen-bond donors (Lipinski definition) is 2. The van der Waals surface area contributed by atoms with E-state index < -0.39 is 6.09 Å². The Morgan fingerprint density at radius 3 is 2.65 bits per heavy atom. The minimum absolute atomic E-state index is 0.0492. The van der Waals surface area contributed by atoms with Gasteiger partial charge in [0.1, 0.15) is 0 Å². The van der Waals surface area contributed by atoms with Gasteiger partial charge in [0, 0.05) is 24.2 Å². The number of anilines is 1. The van der Waals surface area contributed by atoms with Crippen molar-refractivity contribution in [1.29, 1.82) is 0 Å². The van der Waals surface area contributed by atoms with Crippen LogP contribution in [0.1, 0.15) is 49.9 Å². The molecule has 0 aliphatic heterocycles. The summed E-state index contributed by atoms with van der Waals surface area (Å²) < 4.78 is 4.94. The number of rotatable bonds is 9. The van der Waals surface area contributed by atoms with Gasteiger partial charge in [-0.2, -0.15) is 0 Å². The van der Waals surface area contributed by atoms with Gasteiger partial charge in [-0.3, -0.25) is 9.59 Å². The maximum absolute atomic E-state index is 11.8. The SMILES string of the molecule is CCCCOC(=O)NCCCC(=O)Nc1cccc(C(C)=O)c1. The molecule has 2 N–H and O–H groups in total. The summed E-state index contributed by atoms with van der Waals surface area (Å²) in [6.45, 7) is 4.29. The van der Waals surface area contributed by atoms with Gasteiger partial charge in [-0.15, -0.1) is 0 Å². The molecule has 1 aromatic carbocycles. The molecular formula is C17H24N2O4. The molecule has 0 radical (unpaired) electrons. The van der Waals surface area contributed by atoms with E-state index in [2.05, 4.69) is 10.6 Å². The zero-order chi connectivity index (χ0) is 17.1. The first-order valence-corrected chi connectivity index (χ1v) is 7.84. The van der Waals surface area contributed by atoms with Crippen molar-refractivity contribution in [2.75, 3.05) is 18.5 Å². The van der Waals surface area contributed by atoms with E-state index in [1.807, 2.05) is 6.92 Å². The van der Waals surface area contributed by atoms with Gasteiger partial charge in [0.05, 0.1) is 6.61 Å². The second-order valence-corrected chi connectivity index (χ2v) is 5.20. The van der Waals surface area contributed by atoms with Gasteiger partial charge < -0.3 is 15.4 Å². The van der Waals surface area contributed by atoms with E-state index in [4.69, 9.17) is 4.74 Å². The number of Topliss-reactive ketones (excluding diaryl/α,β-unsaturated/α-hetero) is 1. The Hall–Kier alpha value is -2.37. The highest BCUT2D eigenvalue weighted by Gasteiger charge is 2.06. The van der Waals surface area contributed by atoms with Crippen LogP contribution in [0.3, 0.4) is 0 Å². The lowest BCUT2D eigenvalue weighted by molar-refractivity contribution is -0.116. The molecule has 0 aromatic heterocycles. The molecule has 6 nitrogen and oxygen atoms in total. The summed E-state index contributed by atoms with van der Waals surface area (Å²) in [5.74, 6) is -0.210. The highest BCUT2D eigenvalue weighted by atomic mass is 16.5. The third-order valence-electron chi connectivity index (χ3n) is 3.13. The molecule has 0 atom stereocenters. The maximum Gasteiger partial charge on any atom is 0.407 e. The highest BCUT2D eigenvalue weighted by Crippen LogP contribution is 2.11. The van der Waals surface area contributed by atoms with Crippen molar-refractivity contribution in [1.82, 2.24) is 5.32 Å². The van der Waals surface area contributed by atoms with Gasteiger partial charge in [0.15, 0.2) is 5.78 Å². The average Bonchev–Trinajstić information content (AvgIpc) is 2.52. The molecule has 2 amide bonds. The van der Waals surface area contributed by atoms with Crippen LogP contribution >= 0.6 is 0 Å². The Bertz CT molecular complexity index is 543. The van der Waals surface area contributed by atoms with Crippen molar-refractivity contribution in [3.8, 4) is 0 Å². The molecule has 0 heterocycles. The molecule has 0 fully saturated rings. The molecule has 0 spiro atoms. The van der Waals surface area contributed by atoms with Crippen LogP contribution in [0.5, 0.6) is 0 Å². The third kappa shape index (κ3) is 7.99. The minimum Gasteiger partial charge on any atom is -0.450 e. The largest absolute Gasteiger partial charge is 0.450 e. The first-order valence-electron chi connectivity index (χ1n) is 7.84. The second kappa shape index (κ2) is 10.4. The van der Waals surface area contributed by atoms with Gasteiger partial charge in [-0.1, -0.05) is 25.5 Å². The molecule has 0 bridgehead atoms. The zero-order valence-electron chi connectivity index (χ0n) is 13.7. The van der Waals surface area contributed by atoms with Crippen molar-refractivity contribution in [2.45, 2.75) is 39.5 Å². The van der Waals surface area contributed by atoms with Gasteiger partial charge >= 0.3 is 6.09 Å². The van der Waals surface area contributed by atoms with Crippen molar-refractivity contribution in [3.05, 3.63) is 29.8 Å². The van der Waals surface area contributed by atoms with Crippen LogP contribution in [0.2, 0.25) is 0 Å². The number of amides is 2.